The van der Waals surface area contributed by atoms with Crippen LogP contribution in [0.15, 0.2) is 10.2 Å². The summed E-state index contributed by atoms with van der Waals surface area (Å²) in [7, 11) is 0. The predicted octanol–water partition coefficient (Wildman–Crippen LogP) is 4.09. The van der Waals surface area contributed by atoms with Crippen LogP contribution in [0, 0.1) is 17.8 Å². The number of hydrogen-bond acceptors (Lipinski definition) is 4. The second kappa shape index (κ2) is 7.55. The van der Waals surface area contributed by atoms with E-state index < -0.39 is 5.60 Å². The van der Waals surface area contributed by atoms with Gasteiger partial charge in [0.25, 0.3) is 0 Å². The summed E-state index contributed by atoms with van der Waals surface area (Å²) in [5, 5.41) is 8.85. The van der Waals surface area contributed by atoms with E-state index >= 15 is 0 Å². The van der Waals surface area contributed by atoms with Crippen LogP contribution in [0.2, 0.25) is 0 Å². The van der Waals surface area contributed by atoms with E-state index in [0.29, 0.717) is 11.8 Å². The van der Waals surface area contributed by atoms with E-state index in [9.17, 15) is 4.79 Å². The number of nitrogens with zero attached hydrogens (tertiary/aromatic N) is 2. The predicted molar refractivity (Wildman–Crippen MR) is 85.2 cm³/mol. The zero-order valence-corrected chi connectivity index (χ0v) is 14.4. The molecule has 0 atom stereocenters. The molecule has 0 fully saturated rings. The Morgan fingerprint density at radius 2 is 1.35 bits per heavy atom. The topological polar surface area (TPSA) is 51.0 Å². The highest BCUT2D eigenvalue weighted by atomic mass is 16.6. The molecule has 0 aromatic carbocycles. The summed E-state index contributed by atoms with van der Waals surface area (Å²) in [6.45, 7) is 17.6. The van der Waals surface area contributed by atoms with Crippen LogP contribution in [0.1, 0.15) is 62.3 Å². The van der Waals surface area contributed by atoms with Crippen LogP contribution in [0.5, 0.6) is 0 Å². The molecule has 0 aliphatic heterocycles. The maximum Gasteiger partial charge on any atom is 0.303 e. The first-order valence-electron chi connectivity index (χ1n) is 7.34. The van der Waals surface area contributed by atoms with Gasteiger partial charge in [-0.25, -0.2) is 0 Å². The van der Waals surface area contributed by atoms with Gasteiger partial charge in [0.1, 0.15) is 5.60 Å². The number of carbonyl (C=O) groups excluding carboxylic acids is 1. The number of rotatable bonds is 6. The minimum absolute atomic E-state index is 0.161. The molecule has 4 nitrogen and oxygen atoms in total. The van der Waals surface area contributed by atoms with Gasteiger partial charge in [-0.2, -0.15) is 10.2 Å². The van der Waals surface area contributed by atoms with Gasteiger partial charge in [0.05, 0.1) is 5.71 Å². The van der Waals surface area contributed by atoms with Crippen molar-refractivity contribution in [3.8, 4) is 0 Å². The van der Waals surface area contributed by atoms with Gasteiger partial charge in [-0.1, -0.05) is 41.5 Å². The smallest absolute Gasteiger partial charge is 0.303 e. The average Bonchev–Trinajstić information content (AvgIpc) is 2.19. The highest BCUT2D eigenvalue weighted by Crippen LogP contribution is 2.19. The maximum absolute atomic E-state index is 11.2. The highest BCUT2D eigenvalue weighted by molar-refractivity contribution is 5.96. The molecule has 20 heavy (non-hydrogen) atoms. The fourth-order valence-electron chi connectivity index (χ4n) is 2.35. The fraction of sp³-hybridized carbons (Fsp3) is 0.812. The molecule has 0 bridgehead atoms. The van der Waals surface area contributed by atoms with Crippen LogP contribution in [-0.4, -0.2) is 23.0 Å². The normalized spacial score (nSPS) is 13.1. The molecule has 0 saturated heterocycles. The van der Waals surface area contributed by atoms with E-state index in [-0.39, 0.29) is 11.9 Å². The van der Waals surface area contributed by atoms with Crippen LogP contribution in [-0.2, 0) is 9.53 Å². The Morgan fingerprint density at radius 3 is 1.65 bits per heavy atom. The Kier molecular flexibility index (Phi) is 7.11. The molecule has 4 heteroatoms. The van der Waals surface area contributed by atoms with E-state index in [4.69, 9.17) is 4.74 Å². The summed E-state index contributed by atoms with van der Waals surface area (Å²) in [6, 6.07) is 0. The molecule has 0 aromatic rings. The molecule has 0 aromatic heterocycles. The molecule has 116 valence electrons. The van der Waals surface area contributed by atoms with Crippen molar-refractivity contribution in [3.05, 3.63) is 0 Å². The minimum Gasteiger partial charge on any atom is -0.454 e. The van der Waals surface area contributed by atoms with E-state index in [0.717, 1.165) is 11.4 Å². The van der Waals surface area contributed by atoms with Crippen molar-refractivity contribution in [1.82, 2.24) is 0 Å². The van der Waals surface area contributed by atoms with Gasteiger partial charge in [-0.3, -0.25) is 4.79 Å². The van der Waals surface area contributed by atoms with E-state index in [2.05, 4.69) is 37.9 Å². The minimum atomic E-state index is -0.734. The van der Waals surface area contributed by atoms with Crippen LogP contribution in [0.3, 0.4) is 0 Å². The van der Waals surface area contributed by atoms with E-state index in [1.54, 1.807) is 0 Å². The fourth-order valence-corrected chi connectivity index (χ4v) is 2.35. The van der Waals surface area contributed by atoms with Gasteiger partial charge in [-0.05, 0) is 31.6 Å². The van der Waals surface area contributed by atoms with Crippen LogP contribution < -0.4 is 0 Å². The van der Waals surface area contributed by atoms with Crippen LogP contribution in [0.4, 0.5) is 0 Å². The third kappa shape index (κ3) is 5.85. The molecule has 0 rings (SSSR count). The molecule has 0 heterocycles. The van der Waals surface area contributed by atoms with Crippen LogP contribution >= 0.6 is 0 Å². The number of carbonyl (C=O) groups is 1. The van der Waals surface area contributed by atoms with Gasteiger partial charge in [0.2, 0.25) is 0 Å². The SMILES string of the molecule is CC(=O)OC(C)(C)/C(=N\N=C(C(C)C)C(C)C)C(C)C. The first kappa shape index (κ1) is 18.8. The van der Waals surface area contributed by atoms with E-state index in [1.807, 2.05) is 27.7 Å². The lowest BCUT2D eigenvalue weighted by Gasteiger charge is -2.28. The zero-order chi connectivity index (χ0) is 16.1. The first-order valence-corrected chi connectivity index (χ1v) is 7.34. The Bertz CT molecular complexity index is 381. The third-order valence-corrected chi connectivity index (χ3v) is 3.02. The Hall–Kier alpha value is -1.19. The van der Waals surface area contributed by atoms with Gasteiger partial charge in [0, 0.05) is 12.6 Å². The molecule has 0 saturated carbocycles. The van der Waals surface area contributed by atoms with Gasteiger partial charge >= 0.3 is 5.97 Å². The molecule has 0 radical (unpaired) electrons. The quantitative estimate of drug-likeness (QED) is 0.418. The lowest BCUT2D eigenvalue weighted by atomic mass is 9.93. The third-order valence-electron chi connectivity index (χ3n) is 3.02. The molecular weight excluding hydrogens is 252 g/mol. The lowest BCUT2D eigenvalue weighted by molar-refractivity contribution is -0.148. The first-order chi connectivity index (χ1) is 8.99. The largest absolute Gasteiger partial charge is 0.454 e. The molecule has 0 aliphatic carbocycles. The lowest BCUT2D eigenvalue weighted by Crippen LogP contribution is -2.39. The second-order valence-electron chi connectivity index (χ2n) is 6.58. The van der Waals surface area contributed by atoms with Gasteiger partial charge in [0.15, 0.2) is 0 Å². The van der Waals surface area contributed by atoms with Crippen molar-refractivity contribution in [2.45, 2.75) is 67.9 Å². The zero-order valence-electron chi connectivity index (χ0n) is 14.4. The molecular formula is C16H30N2O2. The molecule has 0 spiro atoms. The summed E-state index contributed by atoms with van der Waals surface area (Å²) >= 11 is 0. The number of esters is 1. The summed E-state index contributed by atoms with van der Waals surface area (Å²) in [5.41, 5.74) is 1.11. The molecule has 0 unspecified atom stereocenters. The Balaban J connectivity index is 5.53. The van der Waals surface area contributed by atoms with Crippen molar-refractivity contribution >= 4 is 17.4 Å². The molecule has 0 N–H and O–H groups in total. The second-order valence-corrected chi connectivity index (χ2v) is 6.58. The average molecular weight is 282 g/mol. The van der Waals surface area contributed by atoms with Crippen molar-refractivity contribution < 1.29 is 9.53 Å². The van der Waals surface area contributed by atoms with Crippen LogP contribution in [0.25, 0.3) is 0 Å². The Labute approximate surface area is 123 Å². The van der Waals surface area contributed by atoms with E-state index in [1.165, 1.54) is 6.92 Å². The number of ether oxygens (including phenoxy) is 1. The highest BCUT2D eigenvalue weighted by Gasteiger charge is 2.31. The van der Waals surface area contributed by atoms with Gasteiger partial charge in [-0.15, -0.1) is 0 Å². The monoisotopic (exact) mass is 282 g/mol. The summed E-state index contributed by atoms with van der Waals surface area (Å²) in [6.07, 6.45) is 0. The van der Waals surface area contributed by atoms with Crippen molar-refractivity contribution in [3.63, 3.8) is 0 Å². The van der Waals surface area contributed by atoms with Gasteiger partial charge < -0.3 is 4.74 Å². The maximum atomic E-state index is 11.2. The van der Waals surface area contributed by atoms with Crippen molar-refractivity contribution in [1.29, 1.82) is 0 Å². The number of hydrogen-bond donors (Lipinski definition) is 0. The standard InChI is InChI=1S/C16H30N2O2/c1-10(2)14(11(3)4)17-18-15(12(5)6)16(8,9)20-13(7)19/h10-12H,1-9H3/b18-15-. The van der Waals surface area contributed by atoms with Crippen molar-refractivity contribution in [2.24, 2.45) is 28.0 Å². The molecule has 0 amide bonds. The van der Waals surface area contributed by atoms with Crippen molar-refractivity contribution in [2.75, 3.05) is 0 Å². The molecule has 0 aliphatic rings. The Morgan fingerprint density at radius 1 is 0.900 bits per heavy atom. The summed E-state index contributed by atoms with van der Waals surface area (Å²) in [4.78, 5) is 11.2. The summed E-state index contributed by atoms with van der Waals surface area (Å²) in [5.74, 6) is 0.557. The summed E-state index contributed by atoms with van der Waals surface area (Å²) < 4.78 is 5.38.